The fourth-order valence-electron chi connectivity index (χ4n) is 3.16. The number of hydrogen-bond donors (Lipinski definition) is 2. The number of benzene rings is 1. The van der Waals surface area contributed by atoms with Crippen molar-refractivity contribution >= 4 is 32.7 Å². The predicted octanol–water partition coefficient (Wildman–Crippen LogP) is 3.38. The summed E-state index contributed by atoms with van der Waals surface area (Å²) >= 11 is 3.21. The van der Waals surface area contributed by atoms with Crippen LogP contribution in [0.3, 0.4) is 0 Å². The lowest BCUT2D eigenvalue weighted by molar-refractivity contribution is 0.413. The minimum Gasteiger partial charge on any atom is -0.356 e. The molecule has 0 saturated heterocycles. The Labute approximate surface area is 160 Å². The van der Waals surface area contributed by atoms with Crippen molar-refractivity contribution in [2.75, 3.05) is 19.3 Å². The second-order valence-electron chi connectivity index (χ2n) is 6.30. The van der Waals surface area contributed by atoms with Gasteiger partial charge in [-0.1, -0.05) is 19.4 Å². The van der Waals surface area contributed by atoms with Gasteiger partial charge < -0.3 is 10.6 Å². The number of nitrogens with one attached hydrogen (secondary N) is 2. The highest BCUT2D eigenvalue weighted by molar-refractivity contribution is 9.10. The fourth-order valence-corrected chi connectivity index (χ4v) is 4.93. The van der Waals surface area contributed by atoms with Crippen molar-refractivity contribution in [1.29, 1.82) is 0 Å². The van der Waals surface area contributed by atoms with E-state index in [4.69, 9.17) is 0 Å². The van der Waals surface area contributed by atoms with Crippen LogP contribution in [0.2, 0.25) is 0 Å². The van der Waals surface area contributed by atoms with Crippen molar-refractivity contribution in [3.63, 3.8) is 0 Å². The molecule has 1 saturated carbocycles. The molecule has 7 heteroatoms. The van der Waals surface area contributed by atoms with E-state index in [1.807, 2.05) is 6.92 Å². The molecule has 0 heterocycles. The highest BCUT2D eigenvalue weighted by Crippen LogP contribution is 2.23. The molecule has 0 radical (unpaired) electrons. The SMILES string of the molecule is CCS(=O)C1CCCC(NC(=NC)NCCc2ccc(F)c(Br)c2)C1. The molecule has 0 aliphatic heterocycles. The van der Waals surface area contributed by atoms with Gasteiger partial charge in [-0.3, -0.25) is 9.20 Å². The molecule has 3 unspecified atom stereocenters. The molecule has 1 aliphatic rings. The number of nitrogens with zero attached hydrogens (tertiary/aromatic N) is 1. The van der Waals surface area contributed by atoms with Crippen molar-refractivity contribution in [3.8, 4) is 0 Å². The van der Waals surface area contributed by atoms with E-state index in [1.165, 1.54) is 6.07 Å². The summed E-state index contributed by atoms with van der Waals surface area (Å²) in [5.74, 6) is 1.26. The van der Waals surface area contributed by atoms with E-state index in [1.54, 1.807) is 19.2 Å². The smallest absolute Gasteiger partial charge is 0.191 e. The van der Waals surface area contributed by atoms with E-state index >= 15 is 0 Å². The maximum absolute atomic E-state index is 13.3. The molecule has 1 aromatic carbocycles. The first-order valence-electron chi connectivity index (χ1n) is 8.81. The molecule has 1 aliphatic carbocycles. The number of halogens is 2. The lowest BCUT2D eigenvalue weighted by Crippen LogP contribution is -2.47. The Balaban J connectivity index is 1.80. The summed E-state index contributed by atoms with van der Waals surface area (Å²) < 4.78 is 25.8. The summed E-state index contributed by atoms with van der Waals surface area (Å²) in [6, 6.07) is 5.39. The zero-order valence-corrected chi connectivity index (χ0v) is 17.3. The van der Waals surface area contributed by atoms with Crippen LogP contribution < -0.4 is 10.6 Å². The second kappa shape index (κ2) is 10.3. The van der Waals surface area contributed by atoms with Crippen LogP contribution in [0.15, 0.2) is 27.7 Å². The summed E-state index contributed by atoms with van der Waals surface area (Å²) in [7, 11) is 1.04. The van der Waals surface area contributed by atoms with Crippen molar-refractivity contribution in [1.82, 2.24) is 10.6 Å². The molecular weight excluding hydrogens is 405 g/mol. The molecule has 140 valence electrons. The van der Waals surface area contributed by atoms with Gasteiger partial charge in [-0.25, -0.2) is 4.39 Å². The van der Waals surface area contributed by atoms with E-state index in [2.05, 4.69) is 31.6 Å². The van der Waals surface area contributed by atoms with Crippen LogP contribution in [0.1, 0.15) is 38.2 Å². The van der Waals surface area contributed by atoms with Gasteiger partial charge in [0.1, 0.15) is 5.82 Å². The molecule has 1 aromatic rings. The Morgan fingerprint density at radius 2 is 2.24 bits per heavy atom. The predicted molar refractivity (Wildman–Crippen MR) is 107 cm³/mol. The Morgan fingerprint density at radius 1 is 1.44 bits per heavy atom. The van der Waals surface area contributed by atoms with Gasteiger partial charge in [0, 0.05) is 41.4 Å². The Kier molecular flexibility index (Phi) is 8.36. The monoisotopic (exact) mass is 431 g/mol. The largest absolute Gasteiger partial charge is 0.356 e. The van der Waals surface area contributed by atoms with Crippen LogP contribution in [0.5, 0.6) is 0 Å². The van der Waals surface area contributed by atoms with Crippen molar-refractivity contribution < 1.29 is 8.60 Å². The first-order valence-corrected chi connectivity index (χ1v) is 11.0. The fraction of sp³-hybridized carbons (Fsp3) is 0.611. The molecular formula is C18H27BrFN3OS. The van der Waals surface area contributed by atoms with Crippen LogP contribution in [0, 0.1) is 5.82 Å². The van der Waals surface area contributed by atoms with Gasteiger partial charge in [-0.15, -0.1) is 0 Å². The summed E-state index contributed by atoms with van der Waals surface area (Å²) in [5, 5.41) is 7.06. The first kappa shape index (κ1) is 20.4. The van der Waals surface area contributed by atoms with Gasteiger partial charge in [-0.05, 0) is 59.3 Å². The average molecular weight is 432 g/mol. The first-order chi connectivity index (χ1) is 12.0. The Hall–Kier alpha value is -0.950. The molecule has 1 fully saturated rings. The van der Waals surface area contributed by atoms with Crippen molar-refractivity contribution in [2.24, 2.45) is 4.99 Å². The molecule has 0 bridgehead atoms. The van der Waals surface area contributed by atoms with Crippen LogP contribution in [0.4, 0.5) is 4.39 Å². The zero-order chi connectivity index (χ0) is 18.2. The van der Waals surface area contributed by atoms with Gasteiger partial charge in [0.25, 0.3) is 0 Å². The van der Waals surface area contributed by atoms with Crippen LogP contribution in [0.25, 0.3) is 0 Å². The summed E-state index contributed by atoms with van der Waals surface area (Å²) in [5.41, 5.74) is 1.06. The van der Waals surface area contributed by atoms with Crippen LogP contribution in [-0.4, -0.2) is 40.8 Å². The third-order valence-electron chi connectivity index (χ3n) is 4.54. The number of rotatable bonds is 6. The molecule has 4 nitrogen and oxygen atoms in total. The Morgan fingerprint density at radius 3 is 2.92 bits per heavy atom. The maximum atomic E-state index is 13.3. The number of hydrogen-bond acceptors (Lipinski definition) is 2. The van der Waals surface area contributed by atoms with Gasteiger partial charge in [-0.2, -0.15) is 0 Å². The summed E-state index contributed by atoms with van der Waals surface area (Å²) in [6.07, 6.45) is 4.97. The number of guanidine groups is 1. The lowest BCUT2D eigenvalue weighted by atomic mass is 9.95. The third-order valence-corrected chi connectivity index (χ3v) is 6.89. The van der Waals surface area contributed by atoms with Gasteiger partial charge in [0.05, 0.1) is 4.47 Å². The molecule has 0 amide bonds. The van der Waals surface area contributed by atoms with E-state index in [9.17, 15) is 8.60 Å². The molecule has 25 heavy (non-hydrogen) atoms. The standard InChI is InChI=1S/C18H27BrFN3OS/c1-3-25(24)15-6-4-5-14(12-15)23-18(21-2)22-10-9-13-7-8-17(20)16(19)11-13/h7-8,11,14-15H,3-6,9-10,12H2,1-2H3,(H2,21,22,23). The molecule has 3 atom stereocenters. The molecule has 2 N–H and O–H groups in total. The second-order valence-corrected chi connectivity index (χ2v) is 9.16. The van der Waals surface area contributed by atoms with E-state index in [0.717, 1.165) is 55.9 Å². The van der Waals surface area contributed by atoms with Crippen LogP contribution in [-0.2, 0) is 17.2 Å². The minimum atomic E-state index is -0.721. The molecule has 2 rings (SSSR count). The summed E-state index contributed by atoms with van der Waals surface area (Å²) in [4.78, 5) is 4.28. The highest BCUT2D eigenvalue weighted by Gasteiger charge is 2.25. The van der Waals surface area contributed by atoms with E-state index < -0.39 is 10.8 Å². The van der Waals surface area contributed by atoms with Gasteiger partial charge >= 0.3 is 0 Å². The van der Waals surface area contributed by atoms with Crippen LogP contribution >= 0.6 is 15.9 Å². The quantitative estimate of drug-likeness (QED) is 0.536. The number of aliphatic imine (C=N–C) groups is 1. The average Bonchev–Trinajstić information content (AvgIpc) is 2.63. The minimum absolute atomic E-state index is 0.245. The van der Waals surface area contributed by atoms with E-state index in [-0.39, 0.29) is 5.82 Å². The zero-order valence-electron chi connectivity index (χ0n) is 14.9. The van der Waals surface area contributed by atoms with E-state index in [0.29, 0.717) is 15.8 Å². The van der Waals surface area contributed by atoms with Crippen molar-refractivity contribution in [2.45, 2.75) is 50.3 Å². The summed E-state index contributed by atoms with van der Waals surface area (Å²) in [6.45, 7) is 2.70. The maximum Gasteiger partial charge on any atom is 0.191 e. The molecule has 0 aromatic heterocycles. The lowest BCUT2D eigenvalue weighted by Gasteiger charge is -2.30. The third kappa shape index (κ3) is 6.37. The van der Waals surface area contributed by atoms with Crippen molar-refractivity contribution in [3.05, 3.63) is 34.1 Å². The van der Waals surface area contributed by atoms with Gasteiger partial charge in [0.2, 0.25) is 0 Å². The topological polar surface area (TPSA) is 53.5 Å². The normalized spacial score (nSPS) is 22.5. The van der Waals surface area contributed by atoms with Gasteiger partial charge in [0.15, 0.2) is 5.96 Å². The highest BCUT2D eigenvalue weighted by atomic mass is 79.9. The molecule has 0 spiro atoms. The Bertz CT molecular complexity index is 626.